The molecule has 0 aromatic heterocycles. The van der Waals surface area contributed by atoms with Crippen LogP contribution in [0.25, 0.3) is 0 Å². The number of rotatable bonds is 29. The fourth-order valence-electron chi connectivity index (χ4n) is 5.57. The lowest BCUT2D eigenvalue weighted by Crippen LogP contribution is -2.20. The van der Waals surface area contributed by atoms with Crippen LogP contribution in [0.2, 0.25) is 0 Å². The van der Waals surface area contributed by atoms with Crippen molar-refractivity contribution in [2.75, 3.05) is 6.61 Å². The maximum atomic E-state index is 12.1. The number of ether oxygens (including phenoxy) is 1. The summed E-state index contributed by atoms with van der Waals surface area (Å²) in [5.41, 5.74) is 0. The molecule has 216 valence electrons. The Hall–Kier alpha value is -0.530. The average molecular weight is 509 g/mol. The summed E-state index contributed by atoms with van der Waals surface area (Å²) in [6, 6.07) is 0. The molecular formula is C34H68O2. The number of carbonyl (C=O) groups excluding carboxylic acids is 1. The Balaban J connectivity index is 3.33. The Morgan fingerprint density at radius 1 is 0.500 bits per heavy atom. The molecule has 0 amide bonds. The number of hydrogen-bond donors (Lipinski definition) is 0. The Labute approximate surface area is 228 Å². The summed E-state index contributed by atoms with van der Waals surface area (Å²) >= 11 is 0. The molecule has 0 radical (unpaired) electrons. The zero-order valence-electron chi connectivity index (χ0n) is 25.6. The van der Waals surface area contributed by atoms with Crippen molar-refractivity contribution < 1.29 is 9.53 Å². The van der Waals surface area contributed by atoms with Crippen molar-refractivity contribution in [1.29, 1.82) is 0 Å². The van der Waals surface area contributed by atoms with Gasteiger partial charge in [-0.3, -0.25) is 4.79 Å². The second kappa shape index (κ2) is 29.0. The van der Waals surface area contributed by atoms with E-state index in [0.717, 1.165) is 6.42 Å². The lowest BCUT2D eigenvalue weighted by molar-refractivity contribution is -0.145. The molecule has 0 N–H and O–H groups in total. The molecule has 0 heterocycles. The van der Waals surface area contributed by atoms with E-state index >= 15 is 0 Å². The summed E-state index contributed by atoms with van der Waals surface area (Å²) in [5, 5.41) is 0. The first-order chi connectivity index (χ1) is 17.7. The van der Waals surface area contributed by atoms with Crippen LogP contribution in [0.15, 0.2) is 0 Å². The molecule has 0 aromatic carbocycles. The number of carbonyl (C=O) groups is 1. The maximum Gasteiger partial charge on any atom is 0.305 e. The molecule has 0 aromatic rings. The van der Waals surface area contributed by atoms with Gasteiger partial charge in [-0.2, -0.15) is 0 Å². The van der Waals surface area contributed by atoms with E-state index in [-0.39, 0.29) is 5.97 Å². The first-order valence-electron chi connectivity index (χ1n) is 16.8. The molecule has 0 bridgehead atoms. The zero-order chi connectivity index (χ0) is 26.5. The highest BCUT2D eigenvalue weighted by Gasteiger charge is 2.17. The topological polar surface area (TPSA) is 26.3 Å². The molecule has 0 saturated carbocycles. The normalized spacial score (nSPS) is 13.1. The van der Waals surface area contributed by atoms with Crippen molar-refractivity contribution in [3.05, 3.63) is 0 Å². The largest absolute Gasteiger partial charge is 0.465 e. The van der Waals surface area contributed by atoms with E-state index in [0.29, 0.717) is 24.9 Å². The molecule has 2 unspecified atom stereocenters. The molecule has 0 aliphatic rings. The van der Waals surface area contributed by atoms with Gasteiger partial charge in [0.05, 0.1) is 6.61 Å². The monoisotopic (exact) mass is 509 g/mol. The van der Waals surface area contributed by atoms with Crippen LogP contribution in [0.1, 0.15) is 195 Å². The Morgan fingerprint density at radius 3 is 1.22 bits per heavy atom. The van der Waals surface area contributed by atoms with E-state index in [1.54, 1.807) is 0 Å². The molecule has 0 aliphatic carbocycles. The predicted molar refractivity (Wildman–Crippen MR) is 161 cm³/mol. The summed E-state index contributed by atoms with van der Waals surface area (Å²) in [4.78, 5) is 12.1. The molecule has 2 nitrogen and oxygen atoms in total. The van der Waals surface area contributed by atoms with E-state index in [4.69, 9.17) is 4.74 Å². The lowest BCUT2D eigenvalue weighted by Gasteiger charge is -2.23. The van der Waals surface area contributed by atoms with E-state index in [1.165, 1.54) is 154 Å². The van der Waals surface area contributed by atoms with Crippen LogP contribution in [0.4, 0.5) is 0 Å². The van der Waals surface area contributed by atoms with Crippen molar-refractivity contribution in [1.82, 2.24) is 0 Å². The third kappa shape index (κ3) is 25.1. The molecule has 36 heavy (non-hydrogen) atoms. The van der Waals surface area contributed by atoms with Crippen LogP contribution in [-0.4, -0.2) is 12.6 Å². The van der Waals surface area contributed by atoms with Crippen molar-refractivity contribution in [3.63, 3.8) is 0 Å². The predicted octanol–water partition coefficient (Wildman–Crippen LogP) is 12.0. The summed E-state index contributed by atoms with van der Waals surface area (Å²) in [7, 11) is 0. The van der Waals surface area contributed by atoms with Crippen molar-refractivity contribution in [2.24, 2.45) is 11.8 Å². The molecule has 0 aliphatic heterocycles. The van der Waals surface area contributed by atoms with Gasteiger partial charge in [0.15, 0.2) is 0 Å². The van der Waals surface area contributed by atoms with E-state index < -0.39 is 0 Å². The fraction of sp³-hybridized carbons (Fsp3) is 0.971. The third-order valence-electron chi connectivity index (χ3n) is 8.15. The zero-order valence-corrected chi connectivity index (χ0v) is 25.6. The summed E-state index contributed by atoms with van der Waals surface area (Å²) in [6.07, 6.45) is 34.7. The van der Waals surface area contributed by atoms with Crippen LogP contribution >= 0.6 is 0 Å². The lowest BCUT2D eigenvalue weighted by atomic mass is 9.87. The minimum Gasteiger partial charge on any atom is -0.465 e. The highest BCUT2D eigenvalue weighted by atomic mass is 16.5. The van der Waals surface area contributed by atoms with Gasteiger partial charge in [-0.1, -0.05) is 175 Å². The SMILES string of the molecule is CCCCCCCCCCCCCCCCCCCCCCCC(=O)OCC(CCC)C(C)CCC. The van der Waals surface area contributed by atoms with Crippen LogP contribution in [-0.2, 0) is 9.53 Å². The quantitative estimate of drug-likeness (QED) is 0.0741. The summed E-state index contributed by atoms with van der Waals surface area (Å²) < 4.78 is 5.63. The minimum atomic E-state index is 0.0256. The minimum absolute atomic E-state index is 0.0256. The van der Waals surface area contributed by atoms with Crippen LogP contribution in [0.5, 0.6) is 0 Å². The molecule has 2 atom stereocenters. The van der Waals surface area contributed by atoms with Gasteiger partial charge < -0.3 is 4.74 Å². The van der Waals surface area contributed by atoms with Gasteiger partial charge in [0.25, 0.3) is 0 Å². The Kier molecular flexibility index (Phi) is 28.6. The van der Waals surface area contributed by atoms with Gasteiger partial charge in [0, 0.05) is 6.42 Å². The standard InChI is InChI=1S/C34H68O2/c1-5-8-9-10-11-12-13-14-15-16-17-18-19-20-21-22-23-24-25-26-27-30-34(35)36-31-33(29-7-3)32(4)28-6-2/h32-33H,5-31H2,1-4H3. The summed E-state index contributed by atoms with van der Waals surface area (Å²) in [5.74, 6) is 1.23. The van der Waals surface area contributed by atoms with E-state index in [9.17, 15) is 4.79 Å². The Bertz CT molecular complexity index is 433. The van der Waals surface area contributed by atoms with Crippen molar-refractivity contribution in [3.8, 4) is 0 Å². The fourth-order valence-corrected chi connectivity index (χ4v) is 5.57. The highest BCUT2D eigenvalue weighted by molar-refractivity contribution is 5.69. The summed E-state index contributed by atoms with van der Waals surface area (Å²) in [6.45, 7) is 9.72. The molecular weight excluding hydrogens is 440 g/mol. The maximum absolute atomic E-state index is 12.1. The van der Waals surface area contributed by atoms with Gasteiger partial charge >= 0.3 is 5.97 Å². The van der Waals surface area contributed by atoms with Gasteiger partial charge in [-0.15, -0.1) is 0 Å². The number of hydrogen-bond acceptors (Lipinski definition) is 2. The average Bonchev–Trinajstić information content (AvgIpc) is 2.87. The molecule has 0 saturated heterocycles. The number of unbranched alkanes of at least 4 members (excludes halogenated alkanes) is 20. The third-order valence-corrected chi connectivity index (χ3v) is 8.15. The number of esters is 1. The smallest absolute Gasteiger partial charge is 0.305 e. The molecule has 2 heteroatoms. The van der Waals surface area contributed by atoms with Gasteiger partial charge in [-0.25, -0.2) is 0 Å². The van der Waals surface area contributed by atoms with Crippen molar-refractivity contribution >= 4 is 5.97 Å². The highest BCUT2D eigenvalue weighted by Crippen LogP contribution is 2.23. The van der Waals surface area contributed by atoms with Gasteiger partial charge in [0.2, 0.25) is 0 Å². The molecule has 0 spiro atoms. The molecule has 0 rings (SSSR count). The second-order valence-electron chi connectivity index (χ2n) is 11.8. The van der Waals surface area contributed by atoms with Crippen LogP contribution in [0, 0.1) is 11.8 Å². The van der Waals surface area contributed by atoms with Crippen LogP contribution in [0.3, 0.4) is 0 Å². The first-order valence-corrected chi connectivity index (χ1v) is 16.8. The van der Waals surface area contributed by atoms with Gasteiger partial charge in [-0.05, 0) is 24.7 Å². The van der Waals surface area contributed by atoms with E-state index in [2.05, 4.69) is 27.7 Å². The van der Waals surface area contributed by atoms with Crippen LogP contribution < -0.4 is 0 Å². The Morgan fingerprint density at radius 2 is 0.861 bits per heavy atom. The second-order valence-corrected chi connectivity index (χ2v) is 11.8. The first kappa shape index (κ1) is 35.5. The molecule has 0 fully saturated rings. The van der Waals surface area contributed by atoms with Gasteiger partial charge in [0.1, 0.15) is 0 Å². The van der Waals surface area contributed by atoms with E-state index in [1.807, 2.05) is 0 Å². The van der Waals surface area contributed by atoms with Crippen molar-refractivity contribution in [2.45, 2.75) is 195 Å².